The number of carbonyl (C=O) groups is 1. The molecule has 104 valence electrons. The van der Waals surface area contributed by atoms with Crippen LogP contribution >= 0.6 is 11.3 Å². The first kappa shape index (κ1) is 13.1. The van der Waals surface area contributed by atoms with Gasteiger partial charge in [0, 0.05) is 17.0 Å². The molecule has 0 radical (unpaired) electrons. The maximum atomic E-state index is 11.8. The molecule has 1 aromatic heterocycles. The van der Waals surface area contributed by atoms with Gasteiger partial charge in [0.2, 0.25) is 5.91 Å². The van der Waals surface area contributed by atoms with Crippen LogP contribution in [0.2, 0.25) is 0 Å². The van der Waals surface area contributed by atoms with Gasteiger partial charge in [-0.25, -0.2) is 4.98 Å². The van der Waals surface area contributed by atoms with Crippen LogP contribution in [0, 0.1) is 13.8 Å². The Morgan fingerprint density at radius 2 is 2.16 bits per heavy atom. The Labute approximate surface area is 118 Å². The van der Waals surface area contributed by atoms with Crippen molar-refractivity contribution in [3.8, 4) is 0 Å². The predicted molar refractivity (Wildman–Crippen MR) is 76.2 cm³/mol. The minimum Gasteiger partial charge on any atom is -0.351 e. The molecule has 1 aliphatic heterocycles. The molecule has 0 spiro atoms. The Morgan fingerprint density at radius 1 is 1.37 bits per heavy atom. The second-order valence-corrected chi connectivity index (χ2v) is 6.97. The lowest BCUT2D eigenvalue weighted by Gasteiger charge is -2.43. The Balaban J connectivity index is 1.75. The van der Waals surface area contributed by atoms with Crippen molar-refractivity contribution < 1.29 is 4.79 Å². The van der Waals surface area contributed by atoms with E-state index in [9.17, 15) is 4.79 Å². The first-order chi connectivity index (χ1) is 9.13. The van der Waals surface area contributed by atoms with Crippen LogP contribution in [0.15, 0.2) is 0 Å². The van der Waals surface area contributed by atoms with Gasteiger partial charge in [0.1, 0.15) is 5.01 Å². The number of amides is 1. The molecule has 0 unspecified atom stereocenters. The zero-order chi connectivity index (χ0) is 13.4. The quantitative estimate of drug-likeness (QED) is 0.900. The molecule has 1 aromatic rings. The van der Waals surface area contributed by atoms with Crippen molar-refractivity contribution in [3.05, 3.63) is 15.6 Å². The molecule has 1 saturated carbocycles. The summed E-state index contributed by atoms with van der Waals surface area (Å²) >= 11 is 1.76. The molecule has 2 aliphatic rings. The molecule has 2 atom stereocenters. The molecule has 4 nitrogen and oxygen atoms in total. The lowest BCUT2D eigenvalue weighted by atomic mass is 9.87. The van der Waals surface area contributed by atoms with Crippen molar-refractivity contribution in [2.45, 2.75) is 58.2 Å². The van der Waals surface area contributed by atoms with Crippen molar-refractivity contribution in [1.82, 2.24) is 15.2 Å². The second-order valence-electron chi connectivity index (χ2n) is 5.68. The fourth-order valence-electron chi connectivity index (χ4n) is 3.22. The van der Waals surface area contributed by atoms with E-state index in [2.05, 4.69) is 29.0 Å². The van der Waals surface area contributed by atoms with E-state index in [0.717, 1.165) is 23.7 Å². The maximum Gasteiger partial charge on any atom is 0.234 e. The average molecular weight is 279 g/mol. The molecule has 19 heavy (non-hydrogen) atoms. The van der Waals surface area contributed by atoms with Crippen LogP contribution in [0.4, 0.5) is 0 Å². The van der Waals surface area contributed by atoms with Gasteiger partial charge in [0.15, 0.2) is 0 Å². The lowest BCUT2D eigenvalue weighted by Crippen LogP contribution is -2.61. The Hall–Kier alpha value is -0.940. The fourth-order valence-corrected chi connectivity index (χ4v) is 4.18. The normalized spacial score (nSPS) is 28.0. The van der Waals surface area contributed by atoms with Crippen LogP contribution in [0.1, 0.15) is 41.3 Å². The summed E-state index contributed by atoms with van der Waals surface area (Å²) in [7, 11) is 0. The minimum absolute atomic E-state index is 0.174. The summed E-state index contributed by atoms with van der Waals surface area (Å²) < 4.78 is 0. The topological polar surface area (TPSA) is 45.2 Å². The number of hydrogen-bond acceptors (Lipinski definition) is 4. The van der Waals surface area contributed by atoms with E-state index in [1.165, 1.54) is 24.1 Å². The number of rotatable bonds is 2. The summed E-state index contributed by atoms with van der Waals surface area (Å²) in [6.45, 7) is 5.53. The largest absolute Gasteiger partial charge is 0.351 e. The fraction of sp³-hybridized carbons (Fsp3) is 0.714. The number of nitrogens with zero attached hydrogens (tertiary/aromatic N) is 2. The zero-order valence-electron chi connectivity index (χ0n) is 11.6. The number of aromatic nitrogens is 1. The average Bonchev–Trinajstić information content (AvgIpc) is 2.68. The first-order valence-electron chi connectivity index (χ1n) is 7.10. The van der Waals surface area contributed by atoms with E-state index in [1.54, 1.807) is 11.3 Å². The van der Waals surface area contributed by atoms with Crippen molar-refractivity contribution >= 4 is 17.2 Å². The van der Waals surface area contributed by atoms with Crippen LogP contribution in [-0.2, 0) is 11.3 Å². The molecule has 1 N–H and O–H groups in total. The van der Waals surface area contributed by atoms with E-state index >= 15 is 0 Å². The summed E-state index contributed by atoms with van der Waals surface area (Å²) in [4.78, 5) is 20.1. The lowest BCUT2D eigenvalue weighted by molar-refractivity contribution is -0.128. The summed E-state index contributed by atoms with van der Waals surface area (Å²) in [5, 5.41) is 4.30. The number of nitrogens with one attached hydrogen (secondary N) is 1. The van der Waals surface area contributed by atoms with Gasteiger partial charge < -0.3 is 5.32 Å². The monoisotopic (exact) mass is 279 g/mol. The SMILES string of the molecule is Cc1nc(CN2CC(=O)N[C@H]3CCCC[C@H]32)sc1C. The number of thiazole rings is 1. The Bertz CT molecular complexity index is 466. The van der Waals surface area contributed by atoms with Gasteiger partial charge in [-0.3, -0.25) is 9.69 Å². The third kappa shape index (κ3) is 2.67. The van der Waals surface area contributed by atoms with E-state index < -0.39 is 0 Å². The van der Waals surface area contributed by atoms with Gasteiger partial charge in [0.05, 0.1) is 18.8 Å². The molecule has 1 saturated heterocycles. The Morgan fingerprint density at radius 3 is 2.89 bits per heavy atom. The third-order valence-electron chi connectivity index (χ3n) is 4.30. The highest BCUT2D eigenvalue weighted by atomic mass is 32.1. The predicted octanol–water partition coefficient (Wildman–Crippen LogP) is 2.00. The Kier molecular flexibility index (Phi) is 3.58. The third-order valence-corrected chi connectivity index (χ3v) is 5.36. The number of carbonyl (C=O) groups excluding carboxylic acids is 1. The van der Waals surface area contributed by atoms with Gasteiger partial charge in [0.25, 0.3) is 0 Å². The van der Waals surface area contributed by atoms with E-state index in [1.807, 2.05) is 0 Å². The van der Waals surface area contributed by atoms with Crippen molar-refractivity contribution in [2.24, 2.45) is 0 Å². The second kappa shape index (κ2) is 5.21. The van der Waals surface area contributed by atoms with Gasteiger partial charge in [-0.2, -0.15) is 0 Å². The number of fused-ring (bicyclic) bond motifs is 1. The van der Waals surface area contributed by atoms with Crippen LogP contribution in [0.25, 0.3) is 0 Å². The summed E-state index contributed by atoms with van der Waals surface area (Å²) in [6, 6.07) is 0.869. The molecule has 3 rings (SSSR count). The van der Waals surface area contributed by atoms with Gasteiger partial charge >= 0.3 is 0 Å². The van der Waals surface area contributed by atoms with Crippen molar-refractivity contribution in [2.75, 3.05) is 6.54 Å². The van der Waals surface area contributed by atoms with E-state index in [0.29, 0.717) is 18.6 Å². The molecule has 2 fully saturated rings. The molecular weight excluding hydrogens is 258 g/mol. The van der Waals surface area contributed by atoms with Crippen molar-refractivity contribution in [1.29, 1.82) is 0 Å². The standard InChI is InChI=1S/C14H21N3OS/c1-9-10(2)19-14(15-9)8-17-7-13(18)16-11-5-3-4-6-12(11)17/h11-12H,3-8H2,1-2H3,(H,16,18)/t11-,12+/m0/s1. The highest BCUT2D eigenvalue weighted by molar-refractivity contribution is 7.11. The van der Waals surface area contributed by atoms with E-state index in [4.69, 9.17) is 0 Å². The highest BCUT2D eigenvalue weighted by Crippen LogP contribution is 2.28. The molecule has 0 bridgehead atoms. The van der Waals surface area contributed by atoms with Crippen LogP contribution in [0.5, 0.6) is 0 Å². The molecule has 0 aromatic carbocycles. The van der Waals surface area contributed by atoms with E-state index in [-0.39, 0.29) is 5.91 Å². The van der Waals surface area contributed by atoms with Crippen LogP contribution in [0.3, 0.4) is 0 Å². The van der Waals surface area contributed by atoms with Crippen LogP contribution < -0.4 is 5.32 Å². The van der Waals surface area contributed by atoms with Gasteiger partial charge in [-0.15, -0.1) is 11.3 Å². The van der Waals surface area contributed by atoms with Gasteiger partial charge in [-0.05, 0) is 26.7 Å². The van der Waals surface area contributed by atoms with Crippen LogP contribution in [-0.4, -0.2) is 34.4 Å². The molecule has 1 aliphatic carbocycles. The minimum atomic E-state index is 0.174. The summed E-state index contributed by atoms with van der Waals surface area (Å²) in [5.41, 5.74) is 1.13. The number of piperazine rings is 1. The zero-order valence-corrected chi connectivity index (χ0v) is 12.4. The number of hydrogen-bond donors (Lipinski definition) is 1. The van der Waals surface area contributed by atoms with Gasteiger partial charge in [-0.1, -0.05) is 12.8 Å². The maximum absolute atomic E-state index is 11.8. The highest BCUT2D eigenvalue weighted by Gasteiger charge is 2.36. The molecular formula is C14H21N3OS. The molecule has 5 heteroatoms. The first-order valence-corrected chi connectivity index (χ1v) is 7.91. The summed E-state index contributed by atoms with van der Waals surface area (Å²) in [6.07, 6.45) is 4.85. The smallest absolute Gasteiger partial charge is 0.234 e. The van der Waals surface area contributed by atoms with Crippen molar-refractivity contribution in [3.63, 3.8) is 0 Å². The molecule has 2 heterocycles. The summed E-state index contributed by atoms with van der Waals surface area (Å²) in [5.74, 6) is 0.174. The molecule has 1 amide bonds. The number of aryl methyl sites for hydroxylation is 2.